The molecule has 42 heavy (non-hydrogen) atoms. The molecule has 3 rings (SSSR count). The largest absolute Gasteiger partial charge is 0.507 e. The van der Waals surface area contributed by atoms with Gasteiger partial charge in [-0.15, -0.1) is 5.10 Å². The second-order valence-electron chi connectivity index (χ2n) is 8.91. The molecule has 0 aliphatic heterocycles. The number of benzene rings is 2. The van der Waals surface area contributed by atoms with E-state index in [-0.39, 0.29) is 34.2 Å². The van der Waals surface area contributed by atoms with E-state index in [1.165, 1.54) is 6.07 Å². The van der Waals surface area contributed by atoms with Crippen LogP contribution in [0, 0.1) is 36.1 Å². The number of hydrogen-bond acceptors (Lipinski definition) is 5. The summed E-state index contributed by atoms with van der Waals surface area (Å²) in [5.41, 5.74) is 9.41. The van der Waals surface area contributed by atoms with E-state index in [0.717, 1.165) is 48.6 Å². The fourth-order valence-corrected chi connectivity index (χ4v) is 4.19. The predicted octanol–water partition coefficient (Wildman–Crippen LogP) is 6.62. The Morgan fingerprint density at radius 1 is 1.02 bits per heavy atom. The lowest BCUT2D eigenvalue weighted by Crippen LogP contribution is -2.33. The number of hydrogen-bond donors (Lipinski definition) is 4. The van der Waals surface area contributed by atoms with Crippen molar-refractivity contribution >= 4 is 17.7 Å². The van der Waals surface area contributed by atoms with Gasteiger partial charge < -0.3 is 15.5 Å². The number of rotatable bonds is 9. The van der Waals surface area contributed by atoms with Gasteiger partial charge in [0, 0.05) is 11.6 Å². The highest BCUT2D eigenvalue weighted by Crippen LogP contribution is 2.44. The van der Waals surface area contributed by atoms with E-state index in [2.05, 4.69) is 87.7 Å². The van der Waals surface area contributed by atoms with Crippen LogP contribution in [0.5, 0.6) is 11.5 Å². The van der Waals surface area contributed by atoms with Crippen LogP contribution in [0.25, 0.3) is 16.7 Å². The number of phenols is 2. The van der Waals surface area contributed by atoms with Gasteiger partial charge in [-0.05, 0) is 109 Å². The Morgan fingerprint density at radius 3 is 2.36 bits per heavy atom. The number of nitrogens with zero attached hydrogens (tertiary/aromatic N) is 10. The molecule has 0 atom stereocenters. The van der Waals surface area contributed by atoms with Gasteiger partial charge in [-0.1, -0.05) is 54.7 Å². The molecule has 0 bridgehead atoms. The Kier molecular flexibility index (Phi) is 11.3. The van der Waals surface area contributed by atoms with E-state index in [1.54, 1.807) is 0 Å². The van der Waals surface area contributed by atoms with Crippen LogP contribution in [-0.4, -0.2) is 28.4 Å². The van der Waals surface area contributed by atoms with E-state index in [0.29, 0.717) is 5.56 Å². The van der Waals surface area contributed by atoms with Gasteiger partial charge in [0.1, 0.15) is 17.7 Å². The molecule has 1 fully saturated rings. The van der Waals surface area contributed by atoms with Crippen molar-refractivity contribution in [3.63, 3.8) is 0 Å². The molecular weight excluding hydrogens is 540 g/mol. The number of carbonyl (C=O) groups excluding carboxylic acids is 1. The van der Waals surface area contributed by atoms with Crippen molar-refractivity contribution in [1.29, 1.82) is 5.53 Å². The maximum absolute atomic E-state index is 13.4. The second-order valence-corrected chi connectivity index (χ2v) is 8.91. The molecule has 1 aliphatic rings. The first kappa shape index (κ1) is 30.6. The van der Waals surface area contributed by atoms with Crippen LogP contribution in [0.1, 0.15) is 59.7 Å². The van der Waals surface area contributed by atoms with E-state index in [1.807, 2.05) is 32.0 Å². The zero-order chi connectivity index (χ0) is 30.3. The summed E-state index contributed by atoms with van der Waals surface area (Å²) in [6.07, 6.45) is 4.80. The summed E-state index contributed by atoms with van der Waals surface area (Å²) in [7, 11) is 0. The zero-order valence-corrected chi connectivity index (χ0v) is 22.8. The molecule has 0 heterocycles. The van der Waals surface area contributed by atoms with Crippen molar-refractivity contribution in [3.8, 4) is 46.3 Å². The van der Waals surface area contributed by atoms with Crippen molar-refractivity contribution in [3.05, 3.63) is 53.1 Å². The topological polar surface area (TPSA) is 217 Å². The molecule has 0 aromatic heterocycles. The fraction of sp³-hybridized carbons (Fsp3) is 0.259. The smallest absolute Gasteiger partial charge is 0.256 e. The number of phenolic OH excluding ortho intramolecular Hbond substituents is 2. The molecule has 2 aromatic rings. The molecule has 0 radical (unpaired) electrons. The number of allylic oxidation sites excluding steroid dienone is 1. The van der Waals surface area contributed by atoms with Crippen LogP contribution in [0.4, 0.5) is 0 Å². The average molecular weight is 567 g/mol. The number of nitrogens with one attached hydrogen (secondary N) is 2. The molecule has 15 heteroatoms. The van der Waals surface area contributed by atoms with Gasteiger partial charge in [-0.3, -0.25) is 4.79 Å². The molecule has 0 saturated heterocycles. The third kappa shape index (κ3) is 8.52. The Labute approximate surface area is 240 Å². The Hall–Kier alpha value is -5.96. The van der Waals surface area contributed by atoms with E-state index < -0.39 is 5.91 Å². The van der Waals surface area contributed by atoms with E-state index >= 15 is 0 Å². The van der Waals surface area contributed by atoms with Crippen LogP contribution < -0.4 is 5.32 Å². The summed E-state index contributed by atoms with van der Waals surface area (Å²) >= 11 is 0. The normalized spacial score (nSPS) is 13.6. The molecule has 1 saturated carbocycles. The standard InChI is InChI=1S/C27H26N12O3/c1-17(2)21-13-12-18(3)15-22(21)25-23(40)16-19(24(26(25)41)27(42)30-20-10-6-7-11-20)9-5-4-8-14-29-32-34-36-38-39-37-35-33-31-28/h12-16,20,28,40-41H,1,6-7,10-11H2,2-3H3,(H,30,42)/b29-14+,31-28?,34-32+,35-33+,38-36+,39-37+. The summed E-state index contributed by atoms with van der Waals surface area (Å²) in [5, 5.41) is 56.0. The molecule has 1 aliphatic carbocycles. The summed E-state index contributed by atoms with van der Waals surface area (Å²) < 4.78 is 0. The van der Waals surface area contributed by atoms with Crippen LogP contribution in [0.2, 0.25) is 0 Å². The first-order valence-corrected chi connectivity index (χ1v) is 12.5. The Morgan fingerprint density at radius 2 is 1.69 bits per heavy atom. The van der Waals surface area contributed by atoms with E-state index in [4.69, 9.17) is 5.53 Å². The third-order valence-corrected chi connectivity index (χ3v) is 5.93. The number of aryl methyl sites for hydroxylation is 1. The average Bonchev–Trinajstić information content (AvgIpc) is 3.46. The molecule has 1 amide bonds. The number of aromatic hydroxyl groups is 2. The lowest BCUT2D eigenvalue weighted by Gasteiger charge is -2.19. The predicted molar refractivity (Wildman–Crippen MR) is 152 cm³/mol. The first-order chi connectivity index (χ1) is 20.3. The molecule has 4 N–H and O–H groups in total. The fourth-order valence-electron chi connectivity index (χ4n) is 4.19. The highest BCUT2D eigenvalue weighted by Gasteiger charge is 2.27. The van der Waals surface area contributed by atoms with Crippen molar-refractivity contribution in [2.24, 2.45) is 52.1 Å². The minimum Gasteiger partial charge on any atom is -0.507 e. The van der Waals surface area contributed by atoms with Gasteiger partial charge in [0.05, 0.1) is 11.1 Å². The van der Waals surface area contributed by atoms with Crippen molar-refractivity contribution in [1.82, 2.24) is 5.32 Å². The highest BCUT2D eigenvalue weighted by atomic mass is 16.3. The van der Waals surface area contributed by atoms with Gasteiger partial charge in [0.25, 0.3) is 5.91 Å². The SMILES string of the molecule is C=C(C)c1ccc(C)cc1-c1c(O)cc(C#CC#C/C=N/N=N/N=N/N=N/N=N/N=N)c(C(=O)NC2CCCC2)c1O. The highest BCUT2D eigenvalue weighted by molar-refractivity contribution is 6.03. The lowest BCUT2D eigenvalue weighted by atomic mass is 9.90. The number of carbonyl (C=O) groups is 1. The minimum absolute atomic E-state index is 0.0112. The maximum atomic E-state index is 13.4. The summed E-state index contributed by atoms with van der Waals surface area (Å²) in [4.78, 5) is 13.4. The molecular formula is C27H26N12O3. The van der Waals surface area contributed by atoms with Crippen LogP contribution in [-0.2, 0) is 0 Å². The monoisotopic (exact) mass is 566 g/mol. The zero-order valence-electron chi connectivity index (χ0n) is 22.8. The Bertz CT molecular complexity index is 1630. The molecule has 2 aromatic carbocycles. The molecule has 0 unspecified atom stereocenters. The van der Waals surface area contributed by atoms with Crippen molar-refractivity contribution in [2.45, 2.75) is 45.6 Å². The third-order valence-electron chi connectivity index (χ3n) is 5.93. The van der Waals surface area contributed by atoms with Gasteiger partial charge in [0.2, 0.25) is 0 Å². The summed E-state index contributed by atoms with van der Waals surface area (Å²) in [6.45, 7) is 7.72. The maximum Gasteiger partial charge on any atom is 0.256 e. The van der Waals surface area contributed by atoms with Gasteiger partial charge in [0.15, 0.2) is 0 Å². The van der Waals surface area contributed by atoms with Crippen LogP contribution in [0.15, 0.2) is 83.0 Å². The summed E-state index contributed by atoms with van der Waals surface area (Å²) in [5.74, 6) is 9.21. The lowest BCUT2D eigenvalue weighted by molar-refractivity contribution is 0.0935. The molecule has 212 valence electrons. The quantitative estimate of drug-likeness (QED) is 0.114. The molecule has 0 spiro atoms. The minimum atomic E-state index is -0.493. The summed E-state index contributed by atoms with van der Waals surface area (Å²) in [6, 6.07) is 6.91. The molecule has 15 nitrogen and oxygen atoms in total. The van der Waals surface area contributed by atoms with Crippen molar-refractivity contribution < 1.29 is 15.0 Å². The van der Waals surface area contributed by atoms with Crippen molar-refractivity contribution in [2.75, 3.05) is 0 Å². The first-order valence-electron chi connectivity index (χ1n) is 12.5. The van der Waals surface area contributed by atoms with E-state index in [9.17, 15) is 15.0 Å². The van der Waals surface area contributed by atoms with Gasteiger partial charge >= 0.3 is 0 Å². The van der Waals surface area contributed by atoms with Gasteiger partial charge in [-0.2, -0.15) is 5.53 Å². The second kappa shape index (κ2) is 15.6. The Balaban J connectivity index is 1.92. The number of amides is 1. The van der Waals surface area contributed by atoms with Crippen LogP contribution in [0.3, 0.4) is 0 Å². The van der Waals surface area contributed by atoms with Crippen LogP contribution >= 0.6 is 0 Å². The van der Waals surface area contributed by atoms with Gasteiger partial charge in [-0.25, -0.2) is 0 Å².